The zero-order chi connectivity index (χ0) is 11.6. The Morgan fingerprint density at radius 3 is 2.25 bits per heavy atom. The Morgan fingerprint density at radius 1 is 1.19 bits per heavy atom. The molecular weight excluding hydrogens is 204 g/mol. The number of carbonyl (C=O) groups excluding carboxylic acids is 1. The first-order valence-electron chi connectivity index (χ1n) is 6.30. The van der Waals surface area contributed by atoms with Crippen LogP contribution in [0.1, 0.15) is 44.9 Å². The molecule has 0 aromatic rings. The van der Waals surface area contributed by atoms with Crippen molar-refractivity contribution < 1.29 is 9.90 Å². The lowest BCUT2D eigenvalue weighted by atomic mass is 9.73. The van der Waals surface area contributed by atoms with Gasteiger partial charge in [0, 0.05) is 6.54 Å². The highest BCUT2D eigenvalue weighted by atomic mass is 16.3. The minimum Gasteiger partial charge on any atom is -0.394 e. The van der Waals surface area contributed by atoms with Crippen LogP contribution in [-0.2, 0) is 4.79 Å². The van der Waals surface area contributed by atoms with E-state index in [1.165, 1.54) is 6.42 Å². The van der Waals surface area contributed by atoms with Crippen LogP contribution < -0.4 is 11.1 Å². The molecule has 0 bridgehead atoms. The summed E-state index contributed by atoms with van der Waals surface area (Å²) in [6, 6.07) is 0. The van der Waals surface area contributed by atoms with Gasteiger partial charge in [-0.3, -0.25) is 4.79 Å². The highest BCUT2D eigenvalue weighted by Crippen LogP contribution is 2.39. The maximum atomic E-state index is 12.3. The highest BCUT2D eigenvalue weighted by molar-refractivity contribution is 5.84. The zero-order valence-electron chi connectivity index (χ0n) is 9.80. The molecule has 16 heavy (non-hydrogen) atoms. The van der Waals surface area contributed by atoms with Crippen LogP contribution in [0.15, 0.2) is 0 Å². The Morgan fingerprint density at radius 2 is 1.81 bits per heavy atom. The van der Waals surface area contributed by atoms with E-state index in [9.17, 15) is 9.90 Å². The lowest BCUT2D eigenvalue weighted by molar-refractivity contribution is -0.133. The molecule has 92 valence electrons. The van der Waals surface area contributed by atoms with E-state index >= 15 is 0 Å². The minimum absolute atomic E-state index is 0.0550. The monoisotopic (exact) mass is 226 g/mol. The summed E-state index contributed by atoms with van der Waals surface area (Å²) in [6.07, 6.45) is 6.99. The molecule has 2 rings (SSSR count). The van der Waals surface area contributed by atoms with Crippen LogP contribution in [0.25, 0.3) is 0 Å². The van der Waals surface area contributed by atoms with Gasteiger partial charge >= 0.3 is 0 Å². The quantitative estimate of drug-likeness (QED) is 0.655. The molecule has 2 aliphatic carbocycles. The third-order valence-corrected chi connectivity index (χ3v) is 4.22. The number of rotatable bonds is 4. The van der Waals surface area contributed by atoms with E-state index in [4.69, 9.17) is 5.73 Å². The summed E-state index contributed by atoms with van der Waals surface area (Å²) in [5.74, 6) is 0.0706. The number of hydrogen-bond acceptors (Lipinski definition) is 3. The van der Waals surface area contributed by atoms with E-state index in [0.29, 0.717) is 6.54 Å². The molecule has 0 radical (unpaired) electrons. The molecule has 0 atom stereocenters. The number of aliphatic hydroxyl groups excluding tert-OH is 1. The summed E-state index contributed by atoms with van der Waals surface area (Å²) < 4.78 is 0. The van der Waals surface area contributed by atoms with Crippen LogP contribution in [0.2, 0.25) is 0 Å². The van der Waals surface area contributed by atoms with Crippen LogP contribution in [0, 0.1) is 5.41 Å². The first-order valence-corrected chi connectivity index (χ1v) is 6.30. The van der Waals surface area contributed by atoms with Gasteiger partial charge < -0.3 is 16.2 Å². The summed E-state index contributed by atoms with van der Waals surface area (Å²) in [6.45, 7) is 0.486. The average molecular weight is 226 g/mol. The second-order valence-corrected chi connectivity index (χ2v) is 5.44. The number of carbonyl (C=O) groups is 1. The van der Waals surface area contributed by atoms with Crippen molar-refractivity contribution in [2.24, 2.45) is 11.1 Å². The second kappa shape index (κ2) is 4.34. The van der Waals surface area contributed by atoms with Gasteiger partial charge in [-0.25, -0.2) is 0 Å². The Bertz CT molecular complexity index is 268. The van der Waals surface area contributed by atoms with Gasteiger partial charge in [0.25, 0.3) is 0 Å². The Labute approximate surface area is 96.6 Å². The molecule has 4 heteroatoms. The summed E-state index contributed by atoms with van der Waals surface area (Å²) in [5, 5.41) is 12.2. The van der Waals surface area contributed by atoms with Crippen molar-refractivity contribution in [2.75, 3.05) is 13.2 Å². The number of aliphatic hydroxyl groups is 1. The van der Waals surface area contributed by atoms with Crippen LogP contribution >= 0.6 is 0 Å². The SMILES string of the molecule is NCC1(C(=O)NC2(CO)CC2)CCCCC1. The van der Waals surface area contributed by atoms with E-state index in [2.05, 4.69) is 5.32 Å². The predicted octanol–water partition coefficient (Wildman–Crippen LogP) is 0.537. The lowest BCUT2D eigenvalue weighted by Crippen LogP contribution is -2.52. The number of nitrogens with two attached hydrogens (primary N) is 1. The summed E-state index contributed by atoms with van der Waals surface area (Å²) >= 11 is 0. The van der Waals surface area contributed by atoms with Crippen LogP contribution in [0.5, 0.6) is 0 Å². The van der Waals surface area contributed by atoms with Crippen molar-refractivity contribution in [1.29, 1.82) is 0 Å². The topological polar surface area (TPSA) is 75.4 Å². The van der Waals surface area contributed by atoms with Crippen LogP contribution in [-0.4, -0.2) is 29.7 Å². The van der Waals surface area contributed by atoms with Crippen molar-refractivity contribution >= 4 is 5.91 Å². The van der Waals surface area contributed by atoms with Gasteiger partial charge in [0.1, 0.15) is 0 Å². The molecule has 4 nitrogen and oxygen atoms in total. The predicted molar refractivity (Wildman–Crippen MR) is 61.8 cm³/mol. The van der Waals surface area contributed by atoms with Crippen molar-refractivity contribution in [3.63, 3.8) is 0 Å². The Kier molecular flexibility index (Phi) is 3.22. The van der Waals surface area contributed by atoms with E-state index < -0.39 is 0 Å². The fraction of sp³-hybridized carbons (Fsp3) is 0.917. The van der Waals surface area contributed by atoms with Crippen LogP contribution in [0.3, 0.4) is 0 Å². The molecule has 0 aromatic heterocycles. The van der Waals surface area contributed by atoms with Crippen molar-refractivity contribution in [1.82, 2.24) is 5.32 Å². The fourth-order valence-corrected chi connectivity index (χ4v) is 2.60. The third-order valence-electron chi connectivity index (χ3n) is 4.22. The molecule has 0 aromatic carbocycles. The van der Waals surface area contributed by atoms with Gasteiger partial charge in [0.2, 0.25) is 5.91 Å². The number of amides is 1. The molecule has 2 saturated carbocycles. The number of nitrogens with one attached hydrogen (secondary N) is 1. The maximum absolute atomic E-state index is 12.3. The molecule has 0 heterocycles. The Balaban J connectivity index is 2.00. The largest absolute Gasteiger partial charge is 0.394 e. The molecule has 0 saturated heterocycles. The molecule has 0 spiro atoms. The fourth-order valence-electron chi connectivity index (χ4n) is 2.60. The van der Waals surface area contributed by atoms with Gasteiger partial charge in [-0.2, -0.15) is 0 Å². The summed E-state index contributed by atoms with van der Waals surface area (Å²) in [7, 11) is 0. The van der Waals surface area contributed by atoms with Gasteiger partial charge in [0.05, 0.1) is 17.6 Å². The standard InChI is InChI=1S/C12H22N2O2/c13-8-11(4-2-1-3-5-11)10(16)14-12(9-15)6-7-12/h15H,1-9,13H2,(H,14,16). The van der Waals surface area contributed by atoms with Crippen LogP contribution in [0.4, 0.5) is 0 Å². The second-order valence-electron chi connectivity index (χ2n) is 5.44. The number of hydrogen-bond donors (Lipinski definition) is 3. The van der Waals surface area contributed by atoms with Crippen molar-refractivity contribution in [3.8, 4) is 0 Å². The van der Waals surface area contributed by atoms with Crippen molar-refractivity contribution in [2.45, 2.75) is 50.5 Å². The Hall–Kier alpha value is -0.610. The molecule has 2 fully saturated rings. The van der Waals surface area contributed by atoms with E-state index in [1.807, 2.05) is 0 Å². The summed E-state index contributed by atoms with van der Waals surface area (Å²) in [4.78, 5) is 12.3. The molecule has 1 amide bonds. The minimum atomic E-state index is -0.358. The first kappa shape index (κ1) is 11.9. The van der Waals surface area contributed by atoms with E-state index in [1.54, 1.807) is 0 Å². The van der Waals surface area contributed by atoms with Gasteiger partial charge in [-0.05, 0) is 25.7 Å². The maximum Gasteiger partial charge on any atom is 0.228 e. The lowest BCUT2D eigenvalue weighted by Gasteiger charge is -2.36. The average Bonchev–Trinajstić information content (AvgIpc) is 3.10. The van der Waals surface area contributed by atoms with E-state index in [-0.39, 0.29) is 23.5 Å². The normalized spacial score (nSPS) is 26.1. The van der Waals surface area contributed by atoms with Gasteiger partial charge in [-0.15, -0.1) is 0 Å². The van der Waals surface area contributed by atoms with Gasteiger partial charge in [-0.1, -0.05) is 19.3 Å². The molecule has 2 aliphatic rings. The van der Waals surface area contributed by atoms with Gasteiger partial charge in [0.15, 0.2) is 0 Å². The molecule has 0 aliphatic heterocycles. The molecular formula is C12H22N2O2. The van der Waals surface area contributed by atoms with Crippen molar-refractivity contribution in [3.05, 3.63) is 0 Å². The highest BCUT2D eigenvalue weighted by Gasteiger charge is 2.47. The smallest absolute Gasteiger partial charge is 0.228 e. The third kappa shape index (κ3) is 2.09. The van der Waals surface area contributed by atoms with E-state index in [0.717, 1.165) is 38.5 Å². The summed E-state index contributed by atoms with van der Waals surface area (Å²) in [5.41, 5.74) is 5.13. The molecule has 4 N–H and O–H groups in total. The zero-order valence-corrected chi connectivity index (χ0v) is 9.80. The molecule has 0 unspecified atom stereocenters. The first-order chi connectivity index (χ1) is 7.66.